The zero-order valence-corrected chi connectivity index (χ0v) is 24.1. The average Bonchev–Trinajstić information content (AvgIpc) is 3.03. The number of benzene rings is 4. The number of carbonyl (C=O) groups is 2. The number of carbonyl (C=O) groups excluding carboxylic acids is 2. The van der Waals surface area contributed by atoms with E-state index in [1.165, 1.54) is 35.5 Å². The quantitative estimate of drug-likeness (QED) is 0.151. The number of para-hydroxylation sites is 2. The third-order valence-corrected chi connectivity index (χ3v) is 6.60. The first-order valence-corrected chi connectivity index (χ1v) is 12.9. The van der Waals surface area contributed by atoms with Crippen LogP contribution < -0.4 is 40.1 Å². The molecule has 4 aromatic carbocycles. The van der Waals surface area contributed by atoms with Crippen molar-refractivity contribution < 1.29 is 33.3 Å². The number of ketones is 1. The van der Waals surface area contributed by atoms with Crippen LogP contribution in [0.3, 0.4) is 0 Å². The number of amides is 1. The summed E-state index contributed by atoms with van der Waals surface area (Å²) in [7, 11) is 7.50. The molecule has 4 rings (SSSR count). The van der Waals surface area contributed by atoms with Crippen molar-refractivity contribution in [2.45, 2.75) is 6.54 Å². The van der Waals surface area contributed by atoms with E-state index in [0.717, 1.165) is 5.56 Å². The second-order valence-corrected chi connectivity index (χ2v) is 9.09. The van der Waals surface area contributed by atoms with Crippen molar-refractivity contribution in [3.63, 3.8) is 0 Å². The Morgan fingerprint density at radius 3 is 1.83 bits per heavy atom. The van der Waals surface area contributed by atoms with Crippen LogP contribution in [0.15, 0.2) is 72.8 Å². The summed E-state index contributed by atoms with van der Waals surface area (Å²) >= 11 is 0. The molecule has 218 valence electrons. The largest absolute Gasteiger partial charge is 0.493 e. The van der Waals surface area contributed by atoms with E-state index >= 15 is 0 Å². The average molecular weight is 572 g/mol. The Morgan fingerprint density at radius 1 is 0.667 bits per heavy atom. The summed E-state index contributed by atoms with van der Waals surface area (Å²) in [6.07, 6.45) is 0. The van der Waals surface area contributed by atoms with Gasteiger partial charge in [-0.05, 0) is 48.0 Å². The van der Waals surface area contributed by atoms with Crippen molar-refractivity contribution in [3.05, 3.63) is 95.1 Å². The maximum absolute atomic E-state index is 13.8. The molecule has 4 N–H and O–H groups in total. The zero-order valence-electron chi connectivity index (χ0n) is 24.1. The van der Waals surface area contributed by atoms with Crippen molar-refractivity contribution in [1.29, 1.82) is 0 Å². The summed E-state index contributed by atoms with van der Waals surface area (Å²) in [6, 6.07) is 20.7. The molecule has 0 fully saturated rings. The fourth-order valence-corrected chi connectivity index (χ4v) is 4.36. The van der Waals surface area contributed by atoms with E-state index in [1.54, 1.807) is 60.7 Å². The van der Waals surface area contributed by atoms with E-state index in [9.17, 15) is 9.59 Å². The molecule has 1 amide bonds. The Hall–Kier alpha value is -5.38. The summed E-state index contributed by atoms with van der Waals surface area (Å²) in [5.74, 6) is 1.37. The van der Waals surface area contributed by atoms with Crippen LogP contribution in [0.1, 0.15) is 31.8 Å². The standard InChI is InChI=1S/C32H33N3O7/c1-38-26-16-22(30(36)21-14-28(40-3)31(42-5)29(15-21)41-4)25(17-27(26)39-2)34-18-19-10-12-20(13-11-19)32(37)35-24-9-7-6-8-23(24)33/h6-17,34H,18,33H2,1-5H3,(H,35,37). The van der Waals surface area contributed by atoms with Crippen LogP contribution in [-0.4, -0.2) is 47.2 Å². The molecule has 0 spiro atoms. The van der Waals surface area contributed by atoms with Crippen LogP contribution >= 0.6 is 0 Å². The summed E-state index contributed by atoms with van der Waals surface area (Å²) in [6.45, 7) is 0.360. The Morgan fingerprint density at radius 2 is 1.26 bits per heavy atom. The molecule has 0 atom stereocenters. The van der Waals surface area contributed by atoms with Gasteiger partial charge in [0.1, 0.15) is 0 Å². The molecule has 0 bridgehead atoms. The smallest absolute Gasteiger partial charge is 0.255 e. The van der Waals surface area contributed by atoms with Gasteiger partial charge in [-0.2, -0.15) is 0 Å². The second kappa shape index (κ2) is 13.3. The van der Waals surface area contributed by atoms with Gasteiger partial charge in [-0.1, -0.05) is 24.3 Å². The molecule has 42 heavy (non-hydrogen) atoms. The van der Waals surface area contributed by atoms with Crippen molar-refractivity contribution in [1.82, 2.24) is 0 Å². The number of nitrogens with one attached hydrogen (secondary N) is 2. The van der Waals surface area contributed by atoms with Gasteiger partial charge in [0.25, 0.3) is 5.91 Å². The predicted octanol–water partition coefficient (Wildman–Crippen LogP) is 5.41. The molecule has 0 saturated heterocycles. The minimum atomic E-state index is -0.301. The molecule has 10 heteroatoms. The summed E-state index contributed by atoms with van der Waals surface area (Å²) in [5.41, 5.74) is 9.52. The molecule has 0 aromatic heterocycles. The lowest BCUT2D eigenvalue weighted by atomic mass is 9.99. The van der Waals surface area contributed by atoms with Gasteiger partial charge in [-0.3, -0.25) is 9.59 Å². The van der Waals surface area contributed by atoms with Crippen LogP contribution in [-0.2, 0) is 6.54 Å². The third-order valence-electron chi connectivity index (χ3n) is 6.60. The third kappa shape index (κ3) is 6.33. The molecule has 0 heterocycles. The minimum absolute atomic E-state index is 0.273. The van der Waals surface area contributed by atoms with Gasteiger partial charge in [0, 0.05) is 35.0 Å². The number of ether oxygens (including phenoxy) is 5. The number of rotatable bonds is 12. The molecule has 4 aromatic rings. The summed E-state index contributed by atoms with van der Waals surface area (Å²) in [5, 5.41) is 6.14. The maximum atomic E-state index is 13.8. The topological polar surface area (TPSA) is 130 Å². The van der Waals surface area contributed by atoms with E-state index in [2.05, 4.69) is 10.6 Å². The number of hydrogen-bond acceptors (Lipinski definition) is 9. The maximum Gasteiger partial charge on any atom is 0.255 e. The zero-order chi connectivity index (χ0) is 30.2. The normalized spacial score (nSPS) is 10.4. The van der Waals surface area contributed by atoms with Gasteiger partial charge in [0.05, 0.1) is 46.9 Å². The number of methoxy groups -OCH3 is 5. The van der Waals surface area contributed by atoms with Crippen molar-refractivity contribution >= 4 is 28.8 Å². The van der Waals surface area contributed by atoms with Crippen LogP contribution in [0.25, 0.3) is 0 Å². The highest BCUT2D eigenvalue weighted by atomic mass is 16.5. The predicted molar refractivity (Wildman–Crippen MR) is 162 cm³/mol. The van der Waals surface area contributed by atoms with Crippen LogP contribution in [0.4, 0.5) is 17.1 Å². The molecule has 0 aliphatic carbocycles. The van der Waals surface area contributed by atoms with E-state index in [4.69, 9.17) is 29.4 Å². The Balaban J connectivity index is 1.60. The molecular formula is C32H33N3O7. The molecule has 0 saturated carbocycles. The first kappa shape index (κ1) is 29.6. The fraction of sp³-hybridized carbons (Fsp3) is 0.188. The Kier molecular flexibility index (Phi) is 9.39. The van der Waals surface area contributed by atoms with Crippen molar-refractivity contribution in [2.24, 2.45) is 0 Å². The number of anilines is 3. The Labute approximate surface area is 244 Å². The first-order chi connectivity index (χ1) is 20.3. The van der Waals surface area contributed by atoms with Gasteiger partial charge in [0.15, 0.2) is 28.8 Å². The van der Waals surface area contributed by atoms with Gasteiger partial charge in [-0.15, -0.1) is 0 Å². The molecule has 0 radical (unpaired) electrons. The molecule has 0 unspecified atom stereocenters. The molecule has 10 nitrogen and oxygen atoms in total. The highest BCUT2D eigenvalue weighted by molar-refractivity contribution is 6.13. The van der Waals surface area contributed by atoms with Crippen LogP contribution in [0, 0.1) is 0 Å². The number of nitrogen functional groups attached to an aromatic ring is 1. The SMILES string of the molecule is COc1cc(NCc2ccc(C(=O)Nc3ccccc3N)cc2)c(C(=O)c2cc(OC)c(OC)c(OC)c2)cc1OC. The van der Waals surface area contributed by atoms with Gasteiger partial charge < -0.3 is 40.1 Å². The molecule has 0 aliphatic rings. The lowest BCUT2D eigenvalue weighted by Crippen LogP contribution is -2.13. The Bertz CT molecular complexity index is 1560. The van der Waals surface area contributed by atoms with Crippen molar-refractivity contribution in [3.8, 4) is 28.7 Å². The highest BCUT2D eigenvalue weighted by Gasteiger charge is 2.22. The van der Waals surface area contributed by atoms with E-state index < -0.39 is 0 Å². The van der Waals surface area contributed by atoms with Gasteiger partial charge in [-0.25, -0.2) is 0 Å². The second-order valence-electron chi connectivity index (χ2n) is 9.09. The van der Waals surface area contributed by atoms with Crippen LogP contribution in [0.5, 0.6) is 28.7 Å². The lowest BCUT2D eigenvalue weighted by Gasteiger charge is -2.17. The highest BCUT2D eigenvalue weighted by Crippen LogP contribution is 2.40. The summed E-state index contributed by atoms with van der Waals surface area (Å²) < 4.78 is 27.2. The minimum Gasteiger partial charge on any atom is -0.493 e. The first-order valence-electron chi connectivity index (χ1n) is 12.9. The monoisotopic (exact) mass is 571 g/mol. The number of nitrogens with two attached hydrogens (primary N) is 1. The van der Waals surface area contributed by atoms with E-state index in [0.29, 0.717) is 69.0 Å². The number of hydrogen-bond donors (Lipinski definition) is 3. The lowest BCUT2D eigenvalue weighted by molar-refractivity contribution is 0.102. The van der Waals surface area contributed by atoms with E-state index in [1.807, 2.05) is 12.1 Å². The van der Waals surface area contributed by atoms with Crippen LogP contribution in [0.2, 0.25) is 0 Å². The van der Waals surface area contributed by atoms with Crippen molar-refractivity contribution in [2.75, 3.05) is 51.9 Å². The van der Waals surface area contributed by atoms with Gasteiger partial charge in [0.2, 0.25) is 5.75 Å². The molecular weight excluding hydrogens is 538 g/mol. The van der Waals surface area contributed by atoms with E-state index in [-0.39, 0.29) is 11.7 Å². The molecule has 0 aliphatic heterocycles. The summed E-state index contributed by atoms with van der Waals surface area (Å²) in [4.78, 5) is 26.5. The fourth-order valence-electron chi connectivity index (χ4n) is 4.36. The van der Waals surface area contributed by atoms with Gasteiger partial charge >= 0.3 is 0 Å².